The van der Waals surface area contributed by atoms with Gasteiger partial charge in [-0.25, -0.2) is 4.79 Å². The van der Waals surface area contributed by atoms with Crippen LogP contribution in [0.4, 0.5) is 11.4 Å². The van der Waals surface area contributed by atoms with Gasteiger partial charge in [-0.05, 0) is 53.4 Å². The van der Waals surface area contributed by atoms with Gasteiger partial charge in [0.1, 0.15) is 17.9 Å². The average molecular weight is 397 g/mol. The van der Waals surface area contributed by atoms with Gasteiger partial charge in [-0.1, -0.05) is 60.7 Å². The van der Waals surface area contributed by atoms with Crippen molar-refractivity contribution in [3.8, 4) is 5.75 Å². The molecule has 0 unspecified atom stereocenters. The second kappa shape index (κ2) is 8.29. The largest absolute Gasteiger partial charge is 0.488 e. The molecule has 0 saturated heterocycles. The zero-order chi connectivity index (χ0) is 21.1. The summed E-state index contributed by atoms with van der Waals surface area (Å²) in [5.74, 6) is -0.673. The molecule has 0 aliphatic rings. The van der Waals surface area contributed by atoms with E-state index >= 15 is 0 Å². The highest BCUT2D eigenvalue weighted by Gasteiger charge is 2.14. The van der Waals surface area contributed by atoms with Crippen molar-refractivity contribution in [2.75, 3.05) is 5.32 Å². The first-order chi connectivity index (χ1) is 14.5. The molecule has 0 bridgehead atoms. The Labute approximate surface area is 175 Å². The summed E-state index contributed by atoms with van der Waals surface area (Å²) >= 11 is 0. The summed E-state index contributed by atoms with van der Waals surface area (Å²) in [4.78, 5) is 11.7. The van der Waals surface area contributed by atoms with Crippen molar-refractivity contribution in [3.63, 3.8) is 0 Å². The second-order valence-electron chi connectivity index (χ2n) is 7.33. The first-order valence-corrected chi connectivity index (χ1v) is 9.83. The van der Waals surface area contributed by atoms with E-state index in [-0.39, 0.29) is 12.2 Å². The van der Waals surface area contributed by atoms with Crippen LogP contribution < -0.4 is 10.1 Å². The minimum Gasteiger partial charge on any atom is -0.488 e. The van der Waals surface area contributed by atoms with Crippen molar-refractivity contribution in [2.24, 2.45) is 0 Å². The Morgan fingerprint density at radius 2 is 1.60 bits per heavy atom. The minimum absolute atomic E-state index is 0.141. The molecule has 0 spiro atoms. The third-order valence-corrected chi connectivity index (χ3v) is 5.23. The summed E-state index contributed by atoms with van der Waals surface area (Å²) in [6.45, 7) is 4.37. The molecule has 0 amide bonds. The topological polar surface area (TPSA) is 58.6 Å². The summed E-state index contributed by atoms with van der Waals surface area (Å²) in [7, 11) is 0. The van der Waals surface area contributed by atoms with E-state index in [1.807, 2.05) is 62.4 Å². The van der Waals surface area contributed by atoms with E-state index in [9.17, 15) is 9.90 Å². The molecule has 4 aromatic rings. The Morgan fingerprint density at radius 3 is 2.37 bits per heavy atom. The maximum atomic E-state index is 11.7. The van der Waals surface area contributed by atoms with E-state index in [2.05, 4.69) is 17.4 Å². The van der Waals surface area contributed by atoms with Gasteiger partial charge in [-0.3, -0.25) is 0 Å². The van der Waals surface area contributed by atoms with Crippen LogP contribution >= 0.6 is 0 Å². The molecule has 0 fully saturated rings. The molecular formula is C26H23NO3. The first kappa shape index (κ1) is 19.5. The van der Waals surface area contributed by atoms with Gasteiger partial charge in [0.25, 0.3) is 0 Å². The SMILES string of the molecule is Cc1cccc(C)c1Nc1ccc(C(=O)O)c(OCc2cccc3ccccc23)c1. The third-order valence-electron chi connectivity index (χ3n) is 5.23. The van der Waals surface area contributed by atoms with Crippen molar-refractivity contribution in [3.05, 3.63) is 101 Å². The van der Waals surface area contributed by atoms with Gasteiger partial charge in [-0.2, -0.15) is 0 Å². The number of carboxylic acids is 1. The lowest BCUT2D eigenvalue weighted by Crippen LogP contribution is -2.05. The van der Waals surface area contributed by atoms with Gasteiger partial charge in [0.15, 0.2) is 0 Å². The molecule has 4 rings (SSSR count). The molecule has 4 aromatic carbocycles. The lowest BCUT2D eigenvalue weighted by molar-refractivity contribution is 0.0692. The molecule has 0 radical (unpaired) electrons. The number of ether oxygens (including phenoxy) is 1. The number of benzene rings is 4. The van der Waals surface area contributed by atoms with E-state index in [4.69, 9.17) is 4.74 Å². The highest BCUT2D eigenvalue weighted by Crippen LogP contribution is 2.30. The van der Waals surface area contributed by atoms with Crippen LogP contribution in [0.25, 0.3) is 10.8 Å². The molecule has 0 atom stereocenters. The van der Waals surface area contributed by atoms with Crippen molar-refractivity contribution < 1.29 is 14.6 Å². The number of aromatic carboxylic acids is 1. The summed E-state index contributed by atoms with van der Waals surface area (Å²) in [5.41, 5.74) is 5.19. The van der Waals surface area contributed by atoms with E-state index in [1.54, 1.807) is 18.2 Å². The number of fused-ring (bicyclic) bond motifs is 1. The zero-order valence-corrected chi connectivity index (χ0v) is 17.0. The number of hydrogen-bond acceptors (Lipinski definition) is 3. The van der Waals surface area contributed by atoms with E-state index in [0.29, 0.717) is 5.75 Å². The molecule has 30 heavy (non-hydrogen) atoms. The van der Waals surface area contributed by atoms with Crippen LogP contribution in [0.3, 0.4) is 0 Å². The fourth-order valence-electron chi connectivity index (χ4n) is 3.63. The van der Waals surface area contributed by atoms with Gasteiger partial charge in [-0.15, -0.1) is 0 Å². The van der Waals surface area contributed by atoms with Crippen molar-refractivity contribution in [1.82, 2.24) is 0 Å². The number of rotatable bonds is 6. The Bertz CT molecular complexity index is 1200. The monoisotopic (exact) mass is 397 g/mol. The third kappa shape index (κ3) is 3.98. The summed E-state index contributed by atoms with van der Waals surface area (Å²) in [5, 5.41) is 15.2. The second-order valence-corrected chi connectivity index (χ2v) is 7.33. The van der Waals surface area contributed by atoms with Crippen LogP contribution in [-0.4, -0.2) is 11.1 Å². The van der Waals surface area contributed by atoms with Gasteiger partial charge in [0.05, 0.1) is 0 Å². The van der Waals surface area contributed by atoms with Gasteiger partial charge < -0.3 is 15.2 Å². The first-order valence-electron chi connectivity index (χ1n) is 9.83. The maximum Gasteiger partial charge on any atom is 0.339 e. The molecule has 0 aliphatic carbocycles. The summed E-state index contributed by atoms with van der Waals surface area (Å²) in [6, 6.07) is 25.3. The summed E-state index contributed by atoms with van der Waals surface area (Å²) in [6.07, 6.45) is 0. The normalized spacial score (nSPS) is 10.7. The minimum atomic E-state index is -1.01. The van der Waals surface area contributed by atoms with E-state index < -0.39 is 5.97 Å². The van der Waals surface area contributed by atoms with Crippen molar-refractivity contribution >= 4 is 28.1 Å². The van der Waals surface area contributed by atoms with Gasteiger partial charge >= 0.3 is 5.97 Å². The molecule has 0 saturated carbocycles. The number of anilines is 2. The fraction of sp³-hybridized carbons (Fsp3) is 0.115. The maximum absolute atomic E-state index is 11.7. The predicted octanol–water partition coefficient (Wildman–Crippen LogP) is 6.48. The Morgan fingerprint density at radius 1 is 0.900 bits per heavy atom. The highest BCUT2D eigenvalue weighted by molar-refractivity contribution is 5.92. The Balaban J connectivity index is 1.64. The fourth-order valence-corrected chi connectivity index (χ4v) is 3.63. The molecule has 0 aromatic heterocycles. The Kier molecular flexibility index (Phi) is 5.40. The lowest BCUT2D eigenvalue weighted by Gasteiger charge is -2.16. The van der Waals surface area contributed by atoms with Crippen molar-refractivity contribution in [1.29, 1.82) is 0 Å². The van der Waals surface area contributed by atoms with Gasteiger partial charge in [0, 0.05) is 17.4 Å². The standard InChI is InChI=1S/C26H23NO3/c1-17-7-5-8-18(2)25(17)27-21-13-14-23(26(28)29)24(15-21)30-16-20-11-6-10-19-9-3-4-12-22(19)20/h3-15,27H,16H2,1-2H3,(H,28,29). The molecule has 2 N–H and O–H groups in total. The molecule has 0 aliphatic heterocycles. The van der Waals surface area contributed by atoms with Crippen molar-refractivity contribution in [2.45, 2.75) is 20.5 Å². The summed E-state index contributed by atoms with van der Waals surface area (Å²) < 4.78 is 6.01. The zero-order valence-electron chi connectivity index (χ0n) is 17.0. The van der Waals surface area contributed by atoms with Crippen LogP contribution in [-0.2, 0) is 6.61 Å². The Hall–Kier alpha value is -3.79. The quantitative estimate of drug-likeness (QED) is 0.391. The number of hydrogen-bond donors (Lipinski definition) is 2. The van der Waals surface area contributed by atoms with Crippen LogP contribution in [0.2, 0.25) is 0 Å². The number of carbonyl (C=O) groups is 1. The van der Waals surface area contributed by atoms with Crippen LogP contribution in [0.1, 0.15) is 27.0 Å². The number of nitrogens with one attached hydrogen (secondary N) is 1. The number of aryl methyl sites for hydroxylation is 2. The molecule has 150 valence electrons. The molecule has 4 nitrogen and oxygen atoms in total. The average Bonchev–Trinajstić information content (AvgIpc) is 2.75. The van der Waals surface area contributed by atoms with E-state index in [0.717, 1.165) is 38.8 Å². The number of carboxylic acid groups (broad SMARTS) is 1. The lowest BCUT2D eigenvalue weighted by atomic mass is 10.1. The smallest absolute Gasteiger partial charge is 0.339 e. The van der Waals surface area contributed by atoms with Crippen LogP contribution in [0.15, 0.2) is 78.9 Å². The highest BCUT2D eigenvalue weighted by atomic mass is 16.5. The molecule has 0 heterocycles. The van der Waals surface area contributed by atoms with Gasteiger partial charge in [0.2, 0.25) is 0 Å². The van der Waals surface area contributed by atoms with E-state index in [1.165, 1.54) is 0 Å². The molecular weight excluding hydrogens is 374 g/mol. The van der Waals surface area contributed by atoms with Crippen LogP contribution in [0.5, 0.6) is 5.75 Å². The predicted molar refractivity (Wildman–Crippen MR) is 121 cm³/mol. The number of para-hydroxylation sites is 1. The molecule has 4 heteroatoms. The van der Waals surface area contributed by atoms with Crippen LogP contribution in [0, 0.1) is 13.8 Å².